The smallest absolute Gasteiger partial charge is 0.164 e. The van der Waals surface area contributed by atoms with Gasteiger partial charge in [-0.3, -0.25) is 4.79 Å². The van der Waals surface area contributed by atoms with Crippen LogP contribution in [-0.2, 0) is 0 Å². The highest BCUT2D eigenvalue weighted by molar-refractivity contribution is 14.1. The summed E-state index contributed by atoms with van der Waals surface area (Å²) < 4.78 is 2.10. The molecule has 1 nitrogen and oxygen atoms in total. The summed E-state index contributed by atoms with van der Waals surface area (Å²) in [6.45, 7) is 1.89. The van der Waals surface area contributed by atoms with Crippen LogP contribution in [0.5, 0.6) is 0 Å². The number of carbonyl (C=O) groups excluding carboxylic acids is 1. The van der Waals surface area contributed by atoms with Crippen LogP contribution in [0.2, 0.25) is 0 Å². The average Bonchev–Trinajstić information content (AvgIpc) is 2.03. The predicted octanol–water partition coefficient (Wildman–Crippen LogP) is 3.49. The van der Waals surface area contributed by atoms with Gasteiger partial charge in [-0.05, 0) is 57.3 Å². The first-order chi connectivity index (χ1) is 5.66. The molecule has 0 saturated carbocycles. The van der Waals surface area contributed by atoms with Gasteiger partial charge in [0, 0.05) is 19.1 Å². The highest BCUT2D eigenvalue weighted by Gasteiger charge is 2.10. The zero-order valence-corrected chi connectivity index (χ0v) is 10.9. The van der Waals surface area contributed by atoms with E-state index in [9.17, 15) is 4.79 Å². The highest BCUT2D eigenvalue weighted by atomic mass is 127. The van der Waals surface area contributed by atoms with E-state index >= 15 is 0 Å². The maximum Gasteiger partial charge on any atom is 0.164 e. The van der Waals surface area contributed by atoms with Crippen molar-refractivity contribution in [3.05, 3.63) is 30.9 Å². The maximum atomic E-state index is 11.4. The second-order valence-electron chi connectivity index (χ2n) is 2.37. The minimum Gasteiger partial charge on any atom is -0.294 e. The molecule has 0 amide bonds. The third kappa shape index (κ3) is 2.18. The quantitative estimate of drug-likeness (QED) is 0.562. The molecule has 0 spiro atoms. The fourth-order valence-electron chi connectivity index (χ4n) is 0.941. The molecule has 1 aromatic rings. The van der Waals surface area contributed by atoms with Crippen molar-refractivity contribution in [2.75, 3.05) is 0 Å². The van der Waals surface area contributed by atoms with E-state index in [0.29, 0.717) is 6.42 Å². The first-order valence-electron chi connectivity index (χ1n) is 3.64. The van der Waals surface area contributed by atoms with E-state index in [1.165, 1.54) is 0 Å². The third-order valence-corrected chi connectivity index (χ3v) is 3.36. The van der Waals surface area contributed by atoms with Gasteiger partial charge in [-0.25, -0.2) is 0 Å². The van der Waals surface area contributed by atoms with Gasteiger partial charge in [0.2, 0.25) is 0 Å². The van der Waals surface area contributed by atoms with Crippen LogP contribution in [0.15, 0.2) is 18.2 Å². The Kier molecular flexibility index (Phi) is 3.95. The molecule has 0 radical (unpaired) electrons. The van der Waals surface area contributed by atoms with Crippen molar-refractivity contribution in [2.24, 2.45) is 0 Å². The first kappa shape index (κ1) is 10.4. The van der Waals surface area contributed by atoms with Crippen molar-refractivity contribution in [3.8, 4) is 0 Å². The lowest BCUT2D eigenvalue weighted by molar-refractivity contribution is 0.0986. The summed E-state index contributed by atoms with van der Waals surface area (Å²) in [4.78, 5) is 11.4. The topological polar surface area (TPSA) is 17.1 Å². The van der Waals surface area contributed by atoms with E-state index in [1.807, 2.05) is 25.1 Å². The molecule has 0 bridgehead atoms. The number of hydrogen-bond donors (Lipinski definition) is 0. The van der Waals surface area contributed by atoms with E-state index in [-0.39, 0.29) is 5.78 Å². The molecule has 0 aliphatic rings. The van der Waals surface area contributed by atoms with Crippen LogP contribution < -0.4 is 0 Å². The van der Waals surface area contributed by atoms with Gasteiger partial charge in [0.15, 0.2) is 5.78 Å². The molecule has 0 aliphatic heterocycles. The van der Waals surface area contributed by atoms with Gasteiger partial charge >= 0.3 is 0 Å². The first-order valence-corrected chi connectivity index (χ1v) is 5.79. The van der Waals surface area contributed by atoms with Gasteiger partial charge < -0.3 is 0 Å². The Morgan fingerprint density at radius 3 is 2.25 bits per heavy atom. The molecule has 1 rings (SSSR count). The van der Waals surface area contributed by atoms with E-state index in [4.69, 9.17) is 0 Å². The van der Waals surface area contributed by atoms with Crippen LogP contribution in [0.3, 0.4) is 0 Å². The molecule has 0 N–H and O–H groups in total. The standard InChI is InChI=1S/C9H8I2O/c1-2-8(12)9-6(10)4-3-5-7(9)11/h3-5H,2H2,1H3. The van der Waals surface area contributed by atoms with Crippen molar-refractivity contribution in [1.82, 2.24) is 0 Å². The number of rotatable bonds is 2. The molecule has 1 aromatic carbocycles. The fourth-order valence-corrected chi connectivity index (χ4v) is 3.05. The highest BCUT2D eigenvalue weighted by Crippen LogP contribution is 2.20. The largest absolute Gasteiger partial charge is 0.294 e. The second-order valence-corrected chi connectivity index (χ2v) is 4.70. The molecule has 0 aromatic heterocycles. The van der Waals surface area contributed by atoms with Gasteiger partial charge in [0.1, 0.15) is 0 Å². The lowest BCUT2D eigenvalue weighted by Gasteiger charge is -2.03. The molecular formula is C9H8I2O. The van der Waals surface area contributed by atoms with Gasteiger partial charge in [-0.15, -0.1) is 0 Å². The Morgan fingerprint density at radius 1 is 1.33 bits per heavy atom. The van der Waals surface area contributed by atoms with Crippen LogP contribution in [0.1, 0.15) is 23.7 Å². The Balaban J connectivity index is 3.21. The lowest BCUT2D eigenvalue weighted by atomic mass is 10.1. The van der Waals surface area contributed by atoms with E-state index in [2.05, 4.69) is 45.2 Å². The monoisotopic (exact) mass is 386 g/mol. The normalized spacial score (nSPS) is 9.92. The molecule has 0 heterocycles. The van der Waals surface area contributed by atoms with Crippen molar-refractivity contribution in [1.29, 1.82) is 0 Å². The lowest BCUT2D eigenvalue weighted by Crippen LogP contribution is -2.02. The number of carbonyl (C=O) groups is 1. The fraction of sp³-hybridized carbons (Fsp3) is 0.222. The Labute approximate surface area is 99.2 Å². The minimum atomic E-state index is 0.226. The number of ketones is 1. The summed E-state index contributed by atoms with van der Waals surface area (Å²) in [7, 11) is 0. The van der Waals surface area contributed by atoms with Crippen molar-refractivity contribution >= 4 is 51.0 Å². The zero-order chi connectivity index (χ0) is 9.14. The Morgan fingerprint density at radius 2 is 1.83 bits per heavy atom. The number of hydrogen-bond acceptors (Lipinski definition) is 1. The van der Waals surface area contributed by atoms with Crippen LogP contribution in [0.4, 0.5) is 0 Å². The number of Topliss-reactive ketones (excluding diaryl/α,β-unsaturated/α-hetero) is 1. The summed E-state index contributed by atoms with van der Waals surface area (Å²) in [5, 5.41) is 0. The number of halogens is 2. The molecule has 0 unspecified atom stereocenters. The summed E-state index contributed by atoms with van der Waals surface area (Å²) in [6, 6.07) is 5.90. The molecule has 64 valence electrons. The van der Waals surface area contributed by atoms with Gasteiger partial charge in [-0.1, -0.05) is 13.0 Å². The summed E-state index contributed by atoms with van der Waals surface area (Å²) >= 11 is 4.40. The summed E-state index contributed by atoms with van der Waals surface area (Å²) in [6.07, 6.45) is 0.579. The Bertz CT molecular complexity index is 287. The molecule has 0 saturated heterocycles. The summed E-state index contributed by atoms with van der Waals surface area (Å²) in [5.74, 6) is 0.226. The van der Waals surface area contributed by atoms with E-state index in [0.717, 1.165) is 12.7 Å². The summed E-state index contributed by atoms with van der Waals surface area (Å²) in [5.41, 5.74) is 0.876. The molecule has 12 heavy (non-hydrogen) atoms. The van der Waals surface area contributed by atoms with Crippen LogP contribution in [0, 0.1) is 7.14 Å². The predicted molar refractivity (Wildman–Crippen MR) is 66.5 cm³/mol. The SMILES string of the molecule is CCC(=O)c1c(I)cccc1I. The van der Waals surface area contributed by atoms with Gasteiger partial charge in [0.25, 0.3) is 0 Å². The van der Waals surface area contributed by atoms with Gasteiger partial charge in [0.05, 0.1) is 0 Å². The van der Waals surface area contributed by atoms with Crippen LogP contribution in [-0.4, -0.2) is 5.78 Å². The van der Waals surface area contributed by atoms with Crippen molar-refractivity contribution in [3.63, 3.8) is 0 Å². The number of benzene rings is 1. The molecule has 3 heteroatoms. The second kappa shape index (κ2) is 4.55. The van der Waals surface area contributed by atoms with Crippen LogP contribution in [0.25, 0.3) is 0 Å². The minimum absolute atomic E-state index is 0.226. The van der Waals surface area contributed by atoms with Crippen molar-refractivity contribution < 1.29 is 4.79 Å². The van der Waals surface area contributed by atoms with Crippen LogP contribution >= 0.6 is 45.2 Å². The molecule has 0 aliphatic carbocycles. The third-order valence-electron chi connectivity index (χ3n) is 1.56. The molecular weight excluding hydrogens is 378 g/mol. The average molecular weight is 386 g/mol. The maximum absolute atomic E-state index is 11.4. The van der Waals surface area contributed by atoms with E-state index in [1.54, 1.807) is 0 Å². The van der Waals surface area contributed by atoms with E-state index < -0.39 is 0 Å². The van der Waals surface area contributed by atoms with Gasteiger partial charge in [-0.2, -0.15) is 0 Å². The molecule has 0 fully saturated rings. The molecule has 0 atom stereocenters. The van der Waals surface area contributed by atoms with Crippen molar-refractivity contribution in [2.45, 2.75) is 13.3 Å². The Hall–Kier alpha value is 0.350. The zero-order valence-electron chi connectivity index (χ0n) is 6.60.